The van der Waals surface area contributed by atoms with E-state index in [1.54, 1.807) is 6.33 Å². The van der Waals surface area contributed by atoms with Gasteiger partial charge in [0.2, 0.25) is 0 Å². The number of aromatic nitrogens is 2. The van der Waals surface area contributed by atoms with Gasteiger partial charge in [-0.15, -0.1) is 0 Å². The summed E-state index contributed by atoms with van der Waals surface area (Å²) in [5.41, 5.74) is 0.929. The first-order valence-electron chi connectivity index (χ1n) is 7.03. The highest BCUT2D eigenvalue weighted by atomic mass is 127. The second-order valence-electron chi connectivity index (χ2n) is 5.39. The van der Waals surface area contributed by atoms with Crippen LogP contribution in [-0.2, 0) is 4.79 Å². The van der Waals surface area contributed by atoms with Gasteiger partial charge in [-0.1, -0.05) is 6.07 Å². The summed E-state index contributed by atoms with van der Waals surface area (Å²) in [7, 11) is 0. The van der Waals surface area contributed by atoms with Crippen molar-refractivity contribution in [1.82, 2.24) is 9.97 Å². The van der Waals surface area contributed by atoms with Gasteiger partial charge in [0.05, 0.1) is 16.8 Å². The molecule has 110 valence electrons. The van der Waals surface area contributed by atoms with Gasteiger partial charge in [0.1, 0.15) is 12.1 Å². The van der Waals surface area contributed by atoms with Gasteiger partial charge in [-0.05, 0) is 60.4 Å². The third-order valence-electron chi connectivity index (χ3n) is 4.03. The molecule has 1 aromatic carbocycles. The fourth-order valence-electron chi connectivity index (χ4n) is 2.86. The van der Waals surface area contributed by atoms with Crippen LogP contribution in [0.2, 0.25) is 0 Å². The van der Waals surface area contributed by atoms with Gasteiger partial charge < -0.3 is 10.4 Å². The monoisotopic (exact) mass is 397 g/mol. The summed E-state index contributed by atoms with van der Waals surface area (Å²) >= 11 is 2.29. The van der Waals surface area contributed by atoms with E-state index in [1.807, 2.05) is 18.2 Å². The SMILES string of the molecule is O=C(O)C1CCC(Nc2ncnc3cccc(I)c23)CC1. The first-order valence-corrected chi connectivity index (χ1v) is 8.11. The van der Waals surface area contributed by atoms with Gasteiger partial charge in [0.15, 0.2) is 0 Å². The smallest absolute Gasteiger partial charge is 0.306 e. The van der Waals surface area contributed by atoms with Crippen LogP contribution >= 0.6 is 22.6 Å². The van der Waals surface area contributed by atoms with Gasteiger partial charge in [-0.25, -0.2) is 9.97 Å². The Morgan fingerprint density at radius 3 is 2.71 bits per heavy atom. The highest BCUT2D eigenvalue weighted by Crippen LogP contribution is 2.30. The van der Waals surface area contributed by atoms with Crippen LogP contribution in [0.4, 0.5) is 5.82 Å². The van der Waals surface area contributed by atoms with Crippen LogP contribution in [0.3, 0.4) is 0 Å². The Balaban J connectivity index is 1.79. The Labute approximate surface area is 136 Å². The Kier molecular flexibility index (Phi) is 4.23. The van der Waals surface area contributed by atoms with E-state index in [-0.39, 0.29) is 12.0 Å². The number of carboxylic acids is 1. The Bertz CT molecular complexity index is 664. The molecule has 0 radical (unpaired) electrons. The normalized spacial score (nSPS) is 22.1. The van der Waals surface area contributed by atoms with Crippen molar-refractivity contribution in [3.8, 4) is 0 Å². The summed E-state index contributed by atoms with van der Waals surface area (Å²) in [5.74, 6) is -0.00964. The number of carboxylic acid groups (broad SMARTS) is 1. The van der Waals surface area contributed by atoms with Gasteiger partial charge in [-0.3, -0.25) is 4.79 Å². The zero-order valence-electron chi connectivity index (χ0n) is 11.4. The van der Waals surface area contributed by atoms with E-state index in [2.05, 4.69) is 37.9 Å². The molecule has 1 heterocycles. The quantitative estimate of drug-likeness (QED) is 0.778. The molecule has 2 aromatic rings. The molecule has 5 nitrogen and oxygen atoms in total. The first-order chi connectivity index (χ1) is 10.1. The molecular formula is C15H16IN3O2. The molecule has 1 aliphatic carbocycles. The number of carbonyl (C=O) groups is 1. The van der Waals surface area contributed by atoms with Crippen LogP contribution < -0.4 is 5.32 Å². The van der Waals surface area contributed by atoms with Crippen molar-refractivity contribution in [2.75, 3.05) is 5.32 Å². The summed E-state index contributed by atoms with van der Waals surface area (Å²) < 4.78 is 1.12. The predicted molar refractivity (Wildman–Crippen MR) is 89.3 cm³/mol. The minimum absolute atomic E-state index is 0.190. The first kappa shape index (κ1) is 14.5. The predicted octanol–water partition coefficient (Wildman–Crippen LogP) is 3.29. The molecule has 0 aliphatic heterocycles. The van der Waals surface area contributed by atoms with Crippen molar-refractivity contribution >= 4 is 45.3 Å². The number of aliphatic carboxylic acids is 1. The average molecular weight is 397 g/mol. The molecule has 0 saturated heterocycles. The molecule has 1 saturated carbocycles. The van der Waals surface area contributed by atoms with Crippen LogP contribution in [-0.4, -0.2) is 27.1 Å². The summed E-state index contributed by atoms with van der Waals surface area (Å²) in [5, 5.41) is 13.6. The standard InChI is InChI=1S/C15H16IN3O2/c16-11-2-1-3-12-13(11)14(18-8-17-12)19-10-6-4-9(5-7-10)15(20)21/h1-3,8-10H,4-7H2,(H,20,21)(H,17,18,19). The number of rotatable bonds is 3. The molecule has 21 heavy (non-hydrogen) atoms. The van der Waals surface area contributed by atoms with Crippen LogP contribution in [0.1, 0.15) is 25.7 Å². The number of nitrogens with one attached hydrogen (secondary N) is 1. The van der Waals surface area contributed by atoms with E-state index < -0.39 is 5.97 Å². The van der Waals surface area contributed by atoms with Crippen molar-refractivity contribution in [2.24, 2.45) is 5.92 Å². The van der Waals surface area contributed by atoms with Crippen molar-refractivity contribution in [3.05, 3.63) is 28.1 Å². The summed E-state index contributed by atoms with van der Waals surface area (Å²) in [6, 6.07) is 6.29. The van der Waals surface area contributed by atoms with Crippen molar-refractivity contribution in [2.45, 2.75) is 31.7 Å². The fraction of sp³-hybridized carbons (Fsp3) is 0.400. The Hall–Kier alpha value is -1.44. The lowest BCUT2D eigenvalue weighted by molar-refractivity contribution is -0.142. The summed E-state index contributed by atoms with van der Waals surface area (Å²) in [6.07, 6.45) is 4.77. The molecule has 0 bridgehead atoms. The molecule has 2 N–H and O–H groups in total. The van der Waals surface area contributed by atoms with E-state index in [1.165, 1.54) is 0 Å². The lowest BCUT2D eigenvalue weighted by Gasteiger charge is -2.27. The zero-order chi connectivity index (χ0) is 14.8. The average Bonchev–Trinajstić information content (AvgIpc) is 2.48. The summed E-state index contributed by atoms with van der Waals surface area (Å²) in [4.78, 5) is 19.7. The van der Waals surface area contributed by atoms with Gasteiger partial charge in [0.25, 0.3) is 0 Å². The van der Waals surface area contributed by atoms with Gasteiger partial charge >= 0.3 is 5.97 Å². The fourth-order valence-corrected chi connectivity index (χ4v) is 3.59. The molecule has 0 amide bonds. The van der Waals surface area contributed by atoms with Crippen LogP contribution in [0.25, 0.3) is 10.9 Å². The van der Waals surface area contributed by atoms with E-state index in [9.17, 15) is 4.79 Å². The lowest BCUT2D eigenvalue weighted by Crippen LogP contribution is -2.29. The largest absolute Gasteiger partial charge is 0.481 e. The van der Waals surface area contributed by atoms with Crippen LogP contribution in [0, 0.1) is 9.49 Å². The maximum absolute atomic E-state index is 11.0. The van der Waals surface area contributed by atoms with E-state index in [0.29, 0.717) is 0 Å². The van der Waals surface area contributed by atoms with Crippen molar-refractivity contribution in [1.29, 1.82) is 0 Å². The second kappa shape index (κ2) is 6.13. The summed E-state index contributed by atoms with van der Waals surface area (Å²) in [6.45, 7) is 0. The highest BCUT2D eigenvalue weighted by Gasteiger charge is 2.26. The molecule has 1 aliphatic rings. The van der Waals surface area contributed by atoms with E-state index in [4.69, 9.17) is 5.11 Å². The van der Waals surface area contributed by atoms with Crippen molar-refractivity contribution < 1.29 is 9.90 Å². The number of benzene rings is 1. The number of halogens is 1. The number of nitrogens with zero attached hydrogens (tertiary/aromatic N) is 2. The second-order valence-corrected chi connectivity index (χ2v) is 6.55. The Morgan fingerprint density at radius 1 is 1.24 bits per heavy atom. The Morgan fingerprint density at radius 2 is 2.00 bits per heavy atom. The van der Waals surface area contributed by atoms with Gasteiger partial charge in [-0.2, -0.15) is 0 Å². The molecule has 1 fully saturated rings. The third-order valence-corrected chi connectivity index (χ3v) is 4.93. The number of fused-ring (bicyclic) bond motifs is 1. The maximum atomic E-state index is 11.0. The minimum Gasteiger partial charge on any atom is -0.481 e. The number of hydrogen-bond donors (Lipinski definition) is 2. The molecule has 0 atom stereocenters. The van der Waals surface area contributed by atoms with E-state index in [0.717, 1.165) is 46.0 Å². The zero-order valence-corrected chi connectivity index (χ0v) is 13.6. The molecule has 1 aromatic heterocycles. The maximum Gasteiger partial charge on any atom is 0.306 e. The molecule has 3 rings (SSSR count). The molecule has 6 heteroatoms. The van der Waals surface area contributed by atoms with Crippen LogP contribution in [0.5, 0.6) is 0 Å². The molecule has 0 unspecified atom stereocenters. The van der Waals surface area contributed by atoms with Gasteiger partial charge in [0, 0.05) is 9.61 Å². The highest BCUT2D eigenvalue weighted by molar-refractivity contribution is 14.1. The number of hydrogen-bond acceptors (Lipinski definition) is 4. The minimum atomic E-state index is -0.671. The molecular weight excluding hydrogens is 381 g/mol. The third kappa shape index (κ3) is 3.09. The van der Waals surface area contributed by atoms with Crippen LogP contribution in [0.15, 0.2) is 24.5 Å². The lowest BCUT2D eigenvalue weighted by atomic mass is 9.86. The number of anilines is 1. The van der Waals surface area contributed by atoms with E-state index >= 15 is 0 Å². The molecule has 0 spiro atoms. The van der Waals surface area contributed by atoms with Crippen molar-refractivity contribution in [3.63, 3.8) is 0 Å². The topological polar surface area (TPSA) is 75.1 Å².